The van der Waals surface area contributed by atoms with Gasteiger partial charge in [-0.25, -0.2) is 0 Å². The maximum Gasteiger partial charge on any atom is 0.0991 e. The van der Waals surface area contributed by atoms with E-state index in [4.69, 9.17) is 9.84 Å². The molecule has 1 atom stereocenters. The van der Waals surface area contributed by atoms with Crippen LogP contribution in [-0.4, -0.2) is 24.4 Å². The van der Waals surface area contributed by atoms with E-state index in [1.165, 1.54) is 0 Å². The fourth-order valence-corrected chi connectivity index (χ4v) is 0.556. The number of aliphatic hydroxyl groups is 1. The molecule has 0 saturated heterocycles. The van der Waals surface area contributed by atoms with Crippen molar-refractivity contribution in [3.63, 3.8) is 0 Å². The van der Waals surface area contributed by atoms with E-state index in [-0.39, 0.29) is 12.7 Å². The molecule has 0 aromatic heterocycles. The lowest BCUT2D eigenvalue weighted by molar-refractivity contribution is 0.0748. The Morgan fingerprint density at radius 3 is 3.00 bits per heavy atom. The van der Waals surface area contributed by atoms with E-state index in [1.54, 1.807) is 0 Å². The second-order valence-electron chi connectivity index (χ2n) is 1.48. The summed E-state index contributed by atoms with van der Waals surface area (Å²) < 4.78 is 4.94. The molecule has 1 N–H and O–H groups in total. The molecule has 1 rings (SSSR count). The van der Waals surface area contributed by atoms with E-state index in [1.807, 2.05) is 12.2 Å². The number of aliphatic hydroxyl groups excluding tert-OH is 1. The van der Waals surface area contributed by atoms with E-state index in [2.05, 4.69) is 0 Å². The summed E-state index contributed by atoms with van der Waals surface area (Å²) in [7, 11) is 0. The molecule has 0 fully saturated rings. The van der Waals surface area contributed by atoms with Gasteiger partial charge in [0.15, 0.2) is 0 Å². The molecule has 2 nitrogen and oxygen atoms in total. The van der Waals surface area contributed by atoms with Gasteiger partial charge in [0.05, 0.1) is 19.3 Å². The molecule has 0 saturated carbocycles. The SMILES string of the molecule is OC[C@@H]1C=CCO1. The fraction of sp³-hybridized carbons (Fsp3) is 0.600. The second-order valence-corrected chi connectivity index (χ2v) is 1.48. The third-order valence-corrected chi connectivity index (χ3v) is 0.937. The van der Waals surface area contributed by atoms with Crippen molar-refractivity contribution in [2.45, 2.75) is 6.10 Å². The zero-order valence-electron chi connectivity index (χ0n) is 4.00. The Bertz CT molecular complexity index is 78.1. The van der Waals surface area contributed by atoms with Crippen LogP contribution in [0.5, 0.6) is 0 Å². The Hall–Kier alpha value is -0.340. The Morgan fingerprint density at radius 2 is 2.71 bits per heavy atom. The lowest BCUT2D eigenvalue weighted by Gasteiger charge is -1.99. The van der Waals surface area contributed by atoms with Gasteiger partial charge in [-0.2, -0.15) is 0 Å². The Kier molecular flexibility index (Phi) is 1.44. The van der Waals surface area contributed by atoms with Gasteiger partial charge in [-0.05, 0) is 0 Å². The summed E-state index contributed by atoms with van der Waals surface area (Å²) in [5.41, 5.74) is 0. The van der Waals surface area contributed by atoms with Crippen molar-refractivity contribution in [2.24, 2.45) is 0 Å². The minimum atomic E-state index is -0.0278. The van der Waals surface area contributed by atoms with Crippen LogP contribution in [0.2, 0.25) is 0 Å². The van der Waals surface area contributed by atoms with E-state index in [0.29, 0.717) is 6.61 Å². The maximum atomic E-state index is 8.39. The highest BCUT2D eigenvalue weighted by atomic mass is 16.5. The molecule has 1 aliphatic heterocycles. The van der Waals surface area contributed by atoms with Crippen molar-refractivity contribution in [2.75, 3.05) is 13.2 Å². The summed E-state index contributed by atoms with van der Waals surface area (Å²) in [5.74, 6) is 0. The van der Waals surface area contributed by atoms with E-state index in [9.17, 15) is 0 Å². The lowest BCUT2D eigenvalue weighted by atomic mass is 10.4. The predicted octanol–water partition coefficient (Wildman–Crippen LogP) is -0.0663. The summed E-state index contributed by atoms with van der Waals surface area (Å²) in [6.07, 6.45) is 3.74. The van der Waals surface area contributed by atoms with Crippen molar-refractivity contribution in [3.8, 4) is 0 Å². The lowest BCUT2D eigenvalue weighted by Crippen LogP contribution is -2.08. The maximum absolute atomic E-state index is 8.39. The normalized spacial score (nSPS) is 29.0. The first-order valence-corrected chi connectivity index (χ1v) is 2.32. The average Bonchev–Trinajstić information content (AvgIpc) is 2.14. The quantitative estimate of drug-likeness (QED) is 0.467. The predicted molar refractivity (Wildman–Crippen MR) is 26.0 cm³/mol. The Balaban J connectivity index is 2.28. The number of hydrogen-bond donors (Lipinski definition) is 1. The zero-order valence-corrected chi connectivity index (χ0v) is 4.00. The highest BCUT2D eigenvalue weighted by Gasteiger charge is 2.04. The molecule has 0 aliphatic carbocycles. The van der Waals surface area contributed by atoms with E-state index in [0.717, 1.165) is 0 Å². The molecule has 0 aromatic carbocycles. The van der Waals surface area contributed by atoms with Crippen LogP contribution in [0.4, 0.5) is 0 Å². The summed E-state index contributed by atoms with van der Waals surface area (Å²) in [6.45, 7) is 0.766. The largest absolute Gasteiger partial charge is 0.393 e. The molecule has 0 unspecified atom stereocenters. The molecule has 1 aliphatic rings. The van der Waals surface area contributed by atoms with E-state index >= 15 is 0 Å². The number of rotatable bonds is 1. The number of ether oxygens (including phenoxy) is 1. The first-order valence-electron chi connectivity index (χ1n) is 2.32. The van der Waals surface area contributed by atoms with Gasteiger partial charge < -0.3 is 9.84 Å². The standard InChI is InChI=1S/C5H8O2/c6-4-5-2-1-3-7-5/h1-2,5-6H,3-4H2/t5-/m0/s1. The van der Waals surface area contributed by atoms with Gasteiger partial charge in [0.25, 0.3) is 0 Å². The fourth-order valence-electron chi connectivity index (χ4n) is 0.556. The van der Waals surface area contributed by atoms with Crippen LogP contribution < -0.4 is 0 Å². The van der Waals surface area contributed by atoms with Crippen LogP contribution in [0.25, 0.3) is 0 Å². The van der Waals surface area contributed by atoms with Gasteiger partial charge >= 0.3 is 0 Å². The smallest absolute Gasteiger partial charge is 0.0991 e. The van der Waals surface area contributed by atoms with Gasteiger partial charge in [-0.3, -0.25) is 0 Å². The van der Waals surface area contributed by atoms with Crippen LogP contribution in [0.15, 0.2) is 12.2 Å². The highest BCUT2D eigenvalue weighted by Crippen LogP contribution is 1.99. The average molecular weight is 100 g/mol. The molecule has 0 radical (unpaired) electrons. The van der Waals surface area contributed by atoms with Crippen LogP contribution >= 0.6 is 0 Å². The van der Waals surface area contributed by atoms with Gasteiger partial charge in [-0.15, -0.1) is 0 Å². The molecule has 0 amide bonds. The van der Waals surface area contributed by atoms with E-state index < -0.39 is 0 Å². The summed E-state index contributed by atoms with van der Waals surface area (Å²) >= 11 is 0. The highest BCUT2D eigenvalue weighted by molar-refractivity contribution is 4.95. The summed E-state index contributed by atoms with van der Waals surface area (Å²) in [6, 6.07) is 0. The van der Waals surface area contributed by atoms with Crippen molar-refractivity contribution >= 4 is 0 Å². The topological polar surface area (TPSA) is 29.5 Å². The van der Waals surface area contributed by atoms with Crippen LogP contribution in [0.3, 0.4) is 0 Å². The molecular formula is C5H8O2. The summed E-state index contributed by atoms with van der Waals surface area (Å²) in [5, 5.41) is 8.39. The van der Waals surface area contributed by atoms with Crippen molar-refractivity contribution in [1.29, 1.82) is 0 Å². The Morgan fingerprint density at radius 1 is 1.86 bits per heavy atom. The minimum Gasteiger partial charge on any atom is -0.393 e. The zero-order chi connectivity index (χ0) is 5.11. The molecule has 2 heteroatoms. The van der Waals surface area contributed by atoms with Crippen LogP contribution in [0.1, 0.15) is 0 Å². The van der Waals surface area contributed by atoms with Gasteiger partial charge in [-0.1, -0.05) is 12.2 Å². The van der Waals surface area contributed by atoms with Crippen molar-refractivity contribution in [3.05, 3.63) is 12.2 Å². The molecule has 7 heavy (non-hydrogen) atoms. The summed E-state index contributed by atoms with van der Waals surface area (Å²) in [4.78, 5) is 0. The molecule has 1 heterocycles. The van der Waals surface area contributed by atoms with Gasteiger partial charge in [0.1, 0.15) is 0 Å². The molecule has 0 bridgehead atoms. The third-order valence-electron chi connectivity index (χ3n) is 0.937. The second kappa shape index (κ2) is 2.09. The van der Waals surface area contributed by atoms with Crippen LogP contribution in [0, 0.1) is 0 Å². The molecule has 40 valence electrons. The molecule has 0 aromatic rings. The van der Waals surface area contributed by atoms with Gasteiger partial charge in [0, 0.05) is 0 Å². The molecule has 0 spiro atoms. The van der Waals surface area contributed by atoms with Crippen molar-refractivity contribution in [1.82, 2.24) is 0 Å². The first-order chi connectivity index (χ1) is 3.43. The first kappa shape index (κ1) is 4.81. The monoisotopic (exact) mass is 100 g/mol. The van der Waals surface area contributed by atoms with Crippen LogP contribution in [-0.2, 0) is 4.74 Å². The number of hydrogen-bond acceptors (Lipinski definition) is 2. The van der Waals surface area contributed by atoms with Crippen molar-refractivity contribution < 1.29 is 9.84 Å². The third kappa shape index (κ3) is 1.01. The minimum absolute atomic E-state index is 0.0278. The Labute approximate surface area is 42.4 Å². The van der Waals surface area contributed by atoms with Gasteiger partial charge in [0.2, 0.25) is 0 Å². The molecular weight excluding hydrogens is 92.1 g/mol.